The molecule has 1 amide bonds. The van der Waals surface area contributed by atoms with Crippen molar-refractivity contribution in [2.24, 2.45) is 0 Å². The first kappa shape index (κ1) is 13.9. The predicted octanol–water partition coefficient (Wildman–Crippen LogP) is 1.29. The second-order valence-corrected chi connectivity index (χ2v) is 3.38. The third kappa shape index (κ3) is 7.29. The van der Waals surface area contributed by atoms with Gasteiger partial charge in [-0.05, 0) is 13.8 Å². The summed E-state index contributed by atoms with van der Waals surface area (Å²) in [4.78, 5) is 11.1. The zero-order chi connectivity index (χ0) is 10.8. The van der Waals surface area contributed by atoms with E-state index >= 15 is 0 Å². The average molecular weight is 268 g/mol. The number of ether oxygens (including phenoxy) is 2. The van der Waals surface area contributed by atoms with Crippen LogP contribution in [0.2, 0.25) is 0 Å². The molecule has 0 heterocycles. The number of carbonyl (C=O) groups excluding carboxylic acids is 1. The van der Waals surface area contributed by atoms with Gasteiger partial charge in [0, 0.05) is 25.0 Å². The first-order chi connectivity index (χ1) is 6.74. The van der Waals surface area contributed by atoms with E-state index in [-0.39, 0.29) is 12.2 Å². The summed E-state index contributed by atoms with van der Waals surface area (Å²) in [7, 11) is 0. The summed E-state index contributed by atoms with van der Waals surface area (Å²) in [5.41, 5.74) is 0. The number of rotatable bonds is 8. The molecule has 0 saturated heterocycles. The Labute approximate surface area is 93.5 Å². The van der Waals surface area contributed by atoms with Gasteiger partial charge < -0.3 is 14.8 Å². The van der Waals surface area contributed by atoms with Crippen LogP contribution in [0.3, 0.4) is 0 Å². The van der Waals surface area contributed by atoms with Crippen molar-refractivity contribution in [3.8, 4) is 0 Å². The van der Waals surface area contributed by atoms with Gasteiger partial charge in [-0.25, -0.2) is 0 Å². The van der Waals surface area contributed by atoms with Crippen molar-refractivity contribution in [2.75, 3.05) is 25.1 Å². The van der Waals surface area contributed by atoms with E-state index in [1.54, 1.807) is 0 Å². The first-order valence-electron chi connectivity index (χ1n) is 4.80. The van der Waals surface area contributed by atoms with E-state index in [0.29, 0.717) is 31.5 Å². The van der Waals surface area contributed by atoms with E-state index in [9.17, 15) is 4.79 Å². The Bertz CT molecular complexity index is 149. The lowest BCUT2D eigenvalue weighted by molar-refractivity contribution is -0.140. The minimum atomic E-state index is -0.329. The lowest BCUT2D eigenvalue weighted by atomic mass is 10.4. The van der Waals surface area contributed by atoms with Crippen LogP contribution in [-0.2, 0) is 14.3 Å². The Hall–Kier alpha value is -0.130. The fourth-order valence-corrected chi connectivity index (χ4v) is 1.27. The quantitative estimate of drug-likeness (QED) is 0.533. The van der Waals surface area contributed by atoms with E-state index in [1.807, 2.05) is 13.8 Å². The van der Waals surface area contributed by atoms with E-state index in [0.717, 1.165) is 0 Å². The van der Waals surface area contributed by atoms with Crippen LogP contribution >= 0.6 is 15.9 Å². The lowest BCUT2D eigenvalue weighted by Gasteiger charge is -2.17. The second-order valence-electron chi connectivity index (χ2n) is 2.58. The van der Waals surface area contributed by atoms with Crippen molar-refractivity contribution in [2.45, 2.75) is 26.6 Å². The number of amides is 1. The maximum atomic E-state index is 11.1. The number of hydrogen-bond acceptors (Lipinski definition) is 3. The molecule has 4 nitrogen and oxygen atoms in total. The summed E-state index contributed by atoms with van der Waals surface area (Å²) in [5, 5.41) is 3.41. The SMILES string of the molecule is CCOC(CNC(=O)CCBr)OCC. The molecule has 0 saturated carbocycles. The minimum Gasteiger partial charge on any atom is -0.351 e. The van der Waals surface area contributed by atoms with Gasteiger partial charge in [0.2, 0.25) is 5.91 Å². The summed E-state index contributed by atoms with van der Waals surface area (Å²) < 4.78 is 10.5. The summed E-state index contributed by atoms with van der Waals surface area (Å²) in [6.07, 6.45) is 0.148. The fraction of sp³-hybridized carbons (Fsp3) is 0.889. The number of halogens is 1. The van der Waals surface area contributed by atoms with E-state index in [2.05, 4.69) is 21.2 Å². The molecular formula is C9H18BrNO3. The fourth-order valence-electron chi connectivity index (χ4n) is 0.909. The molecule has 0 spiro atoms. The third-order valence-corrected chi connectivity index (χ3v) is 1.89. The van der Waals surface area contributed by atoms with Gasteiger partial charge in [0.25, 0.3) is 0 Å². The maximum Gasteiger partial charge on any atom is 0.221 e. The largest absolute Gasteiger partial charge is 0.351 e. The van der Waals surface area contributed by atoms with Gasteiger partial charge in [-0.1, -0.05) is 15.9 Å². The molecule has 0 rings (SSSR count). The Morgan fingerprint density at radius 3 is 2.36 bits per heavy atom. The Kier molecular flexibility index (Phi) is 9.34. The number of carbonyl (C=O) groups is 1. The van der Waals surface area contributed by atoms with E-state index in [1.165, 1.54) is 0 Å². The summed E-state index contributed by atoms with van der Waals surface area (Å²) >= 11 is 3.20. The standard InChI is InChI=1S/C9H18BrNO3/c1-3-13-9(14-4-2)7-11-8(12)5-6-10/h9H,3-7H2,1-2H3,(H,11,12). The van der Waals surface area contributed by atoms with Gasteiger partial charge in [-0.3, -0.25) is 4.79 Å². The smallest absolute Gasteiger partial charge is 0.221 e. The average Bonchev–Trinajstić information content (AvgIpc) is 2.15. The highest BCUT2D eigenvalue weighted by Crippen LogP contribution is 1.94. The van der Waals surface area contributed by atoms with Crippen LogP contribution in [-0.4, -0.2) is 37.3 Å². The van der Waals surface area contributed by atoms with Gasteiger partial charge in [0.05, 0.1) is 6.54 Å². The molecule has 0 atom stereocenters. The van der Waals surface area contributed by atoms with Crippen molar-refractivity contribution >= 4 is 21.8 Å². The number of hydrogen-bond donors (Lipinski definition) is 1. The van der Waals surface area contributed by atoms with Gasteiger partial charge in [0.1, 0.15) is 0 Å². The van der Waals surface area contributed by atoms with Gasteiger partial charge in [-0.2, -0.15) is 0 Å². The van der Waals surface area contributed by atoms with Crippen LogP contribution in [0.1, 0.15) is 20.3 Å². The number of nitrogens with one attached hydrogen (secondary N) is 1. The van der Waals surface area contributed by atoms with Crippen molar-refractivity contribution < 1.29 is 14.3 Å². The molecular weight excluding hydrogens is 250 g/mol. The molecule has 5 heteroatoms. The zero-order valence-electron chi connectivity index (χ0n) is 8.72. The van der Waals surface area contributed by atoms with Crippen LogP contribution in [0, 0.1) is 0 Å². The summed E-state index contributed by atoms with van der Waals surface area (Å²) in [6, 6.07) is 0. The summed E-state index contributed by atoms with van der Waals surface area (Å²) in [6.45, 7) is 5.37. The highest BCUT2D eigenvalue weighted by atomic mass is 79.9. The van der Waals surface area contributed by atoms with Crippen molar-refractivity contribution in [3.63, 3.8) is 0 Å². The number of alkyl halides is 1. The lowest BCUT2D eigenvalue weighted by Crippen LogP contribution is -2.35. The van der Waals surface area contributed by atoms with Crippen molar-refractivity contribution in [1.82, 2.24) is 5.32 Å². The molecule has 14 heavy (non-hydrogen) atoms. The van der Waals surface area contributed by atoms with Crippen molar-refractivity contribution in [3.05, 3.63) is 0 Å². The normalized spacial score (nSPS) is 10.6. The molecule has 1 N–H and O–H groups in total. The van der Waals surface area contributed by atoms with Crippen molar-refractivity contribution in [1.29, 1.82) is 0 Å². The molecule has 0 bridgehead atoms. The van der Waals surface area contributed by atoms with E-state index in [4.69, 9.17) is 9.47 Å². The Balaban J connectivity index is 3.63. The topological polar surface area (TPSA) is 47.6 Å². The predicted molar refractivity (Wildman–Crippen MR) is 58.5 cm³/mol. The van der Waals surface area contributed by atoms with Crippen LogP contribution in [0.15, 0.2) is 0 Å². The highest BCUT2D eigenvalue weighted by Gasteiger charge is 2.08. The maximum absolute atomic E-state index is 11.1. The van der Waals surface area contributed by atoms with Gasteiger partial charge in [-0.15, -0.1) is 0 Å². The first-order valence-corrected chi connectivity index (χ1v) is 5.92. The van der Waals surface area contributed by atoms with Gasteiger partial charge in [0.15, 0.2) is 6.29 Å². The molecule has 0 aromatic heterocycles. The third-order valence-electron chi connectivity index (χ3n) is 1.49. The molecule has 0 unspecified atom stereocenters. The van der Waals surface area contributed by atoms with Crippen LogP contribution in [0.4, 0.5) is 0 Å². The molecule has 0 aromatic rings. The van der Waals surface area contributed by atoms with E-state index < -0.39 is 0 Å². The molecule has 0 aliphatic rings. The molecule has 84 valence electrons. The molecule has 0 fully saturated rings. The zero-order valence-corrected chi connectivity index (χ0v) is 10.3. The van der Waals surface area contributed by atoms with Gasteiger partial charge >= 0.3 is 0 Å². The minimum absolute atomic E-state index is 0.00582. The summed E-state index contributed by atoms with van der Waals surface area (Å²) in [5.74, 6) is 0.00582. The molecule has 0 aliphatic carbocycles. The Morgan fingerprint density at radius 1 is 1.36 bits per heavy atom. The highest BCUT2D eigenvalue weighted by molar-refractivity contribution is 9.09. The van der Waals surface area contributed by atoms with Crippen LogP contribution < -0.4 is 5.32 Å². The second kappa shape index (κ2) is 9.43. The molecule has 0 aliphatic heterocycles. The Morgan fingerprint density at radius 2 is 1.93 bits per heavy atom. The van der Waals surface area contributed by atoms with Crippen LogP contribution in [0.25, 0.3) is 0 Å². The van der Waals surface area contributed by atoms with Crippen LogP contribution in [0.5, 0.6) is 0 Å². The molecule has 0 radical (unpaired) electrons. The molecule has 0 aromatic carbocycles. The monoisotopic (exact) mass is 267 g/mol.